The number of hydrogen-bond acceptors (Lipinski definition) is 5. The van der Waals surface area contributed by atoms with Crippen molar-refractivity contribution in [3.8, 4) is 11.4 Å². The van der Waals surface area contributed by atoms with Gasteiger partial charge in [0.15, 0.2) is 5.82 Å². The fourth-order valence-corrected chi connectivity index (χ4v) is 5.01. The maximum atomic E-state index is 13.4. The average molecular weight is 511 g/mol. The van der Waals surface area contributed by atoms with Crippen molar-refractivity contribution in [2.24, 2.45) is 5.92 Å². The van der Waals surface area contributed by atoms with Crippen LogP contribution in [0.25, 0.3) is 22.4 Å². The first-order valence-electron chi connectivity index (χ1n) is 13.3. The fraction of sp³-hybridized carbons (Fsp3) is 0.333. The number of nitrogens with one attached hydrogen (secondary N) is 3. The molecule has 2 amide bonds. The first kappa shape index (κ1) is 25.4. The number of aryl methyl sites for hydroxylation is 1. The van der Waals surface area contributed by atoms with Gasteiger partial charge in [0.2, 0.25) is 5.91 Å². The lowest BCUT2D eigenvalue weighted by Crippen LogP contribution is -2.38. The Morgan fingerprint density at radius 3 is 2.39 bits per heavy atom. The Balaban J connectivity index is 1.29. The number of likely N-dealkylation sites (tertiary alicyclic amines) is 1. The zero-order valence-electron chi connectivity index (χ0n) is 21.7. The second-order valence-electron chi connectivity index (χ2n) is 9.88. The number of hydrogen-bond donors (Lipinski definition) is 3. The van der Waals surface area contributed by atoms with E-state index in [1.54, 1.807) is 0 Å². The molecule has 0 spiro atoms. The number of aromatic amines is 1. The molecule has 0 radical (unpaired) electrons. The van der Waals surface area contributed by atoms with Crippen molar-refractivity contribution in [1.29, 1.82) is 0 Å². The van der Waals surface area contributed by atoms with E-state index in [1.807, 2.05) is 41.3 Å². The number of nitrogens with zero attached hydrogens (tertiary/aromatic N) is 3. The smallest absolute Gasteiger partial charge is 0.270 e. The van der Waals surface area contributed by atoms with Crippen LogP contribution in [0.5, 0.6) is 0 Å². The monoisotopic (exact) mass is 510 g/mol. The molecule has 1 fully saturated rings. The molecule has 0 aliphatic carbocycles. The lowest BCUT2D eigenvalue weighted by atomic mass is 9.90. The molecule has 0 unspecified atom stereocenters. The number of fused-ring (bicyclic) bond motifs is 1. The van der Waals surface area contributed by atoms with Crippen molar-refractivity contribution in [2.75, 3.05) is 31.5 Å². The number of anilines is 1. The SMILES string of the molecule is CC(=O)NCCNc1nc(-c2ccccc2)nc2[nH]c(C(=O)N3CCC(CCc4ccccc4)CC3)cc12. The highest BCUT2D eigenvalue weighted by Gasteiger charge is 2.25. The summed E-state index contributed by atoms with van der Waals surface area (Å²) < 4.78 is 0. The predicted molar refractivity (Wildman–Crippen MR) is 150 cm³/mol. The summed E-state index contributed by atoms with van der Waals surface area (Å²) in [4.78, 5) is 39.4. The second-order valence-corrected chi connectivity index (χ2v) is 9.88. The molecule has 3 N–H and O–H groups in total. The van der Waals surface area contributed by atoms with Crippen molar-refractivity contribution in [1.82, 2.24) is 25.2 Å². The number of H-pyrrole nitrogens is 1. The van der Waals surface area contributed by atoms with E-state index in [2.05, 4.69) is 45.9 Å². The number of carbonyl (C=O) groups excluding carboxylic acids is 2. The maximum Gasteiger partial charge on any atom is 0.270 e. The predicted octanol–water partition coefficient (Wildman–Crippen LogP) is 4.66. The molecular weight excluding hydrogens is 476 g/mol. The molecule has 196 valence electrons. The minimum Gasteiger partial charge on any atom is -0.368 e. The zero-order valence-corrected chi connectivity index (χ0v) is 21.7. The highest BCUT2D eigenvalue weighted by atomic mass is 16.2. The van der Waals surface area contributed by atoms with E-state index in [9.17, 15) is 9.59 Å². The molecule has 2 aromatic heterocycles. The number of benzene rings is 2. The number of carbonyl (C=O) groups is 2. The molecular formula is C30H34N6O2. The van der Waals surface area contributed by atoms with Crippen LogP contribution in [0.2, 0.25) is 0 Å². The number of rotatable bonds is 9. The van der Waals surface area contributed by atoms with Crippen molar-refractivity contribution >= 4 is 28.7 Å². The van der Waals surface area contributed by atoms with Gasteiger partial charge in [-0.1, -0.05) is 60.7 Å². The van der Waals surface area contributed by atoms with Crippen LogP contribution in [0, 0.1) is 5.92 Å². The van der Waals surface area contributed by atoms with Crippen LogP contribution in [-0.4, -0.2) is 57.8 Å². The van der Waals surface area contributed by atoms with Gasteiger partial charge in [0, 0.05) is 38.7 Å². The van der Waals surface area contributed by atoms with E-state index < -0.39 is 0 Å². The van der Waals surface area contributed by atoms with Crippen LogP contribution in [0.15, 0.2) is 66.7 Å². The van der Waals surface area contributed by atoms with Crippen LogP contribution in [0.3, 0.4) is 0 Å². The van der Waals surface area contributed by atoms with Gasteiger partial charge in [-0.05, 0) is 43.2 Å². The molecule has 8 nitrogen and oxygen atoms in total. The topological polar surface area (TPSA) is 103 Å². The van der Waals surface area contributed by atoms with Gasteiger partial charge in [-0.25, -0.2) is 9.97 Å². The summed E-state index contributed by atoms with van der Waals surface area (Å²) >= 11 is 0. The van der Waals surface area contributed by atoms with Crippen LogP contribution >= 0.6 is 0 Å². The summed E-state index contributed by atoms with van der Waals surface area (Å²) in [6.07, 6.45) is 4.28. The summed E-state index contributed by atoms with van der Waals surface area (Å²) in [7, 11) is 0. The summed E-state index contributed by atoms with van der Waals surface area (Å²) in [6, 6.07) is 22.2. The Morgan fingerprint density at radius 1 is 0.974 bits per heavy atom. The molecule has 0 saturated carbocycles. The molecule has 3 heterocycles. The Hall–Kier alpha value is -4.20. The van der Waals surface area contributed by atoms with E-state index in [0.717, 1.165) is 49.7 Å². The first-order valence-corrected chi connectivity index (χ1v) is 13.3. The molecule has 0 atom stereocenters. The summed E-state index contributed by atoms with van der Waals surface area (Å²) in [5, 5.41) is 6.85. The largest absolute Gasteiger partial charge is 0.368 e. The lowest BCUT2D eigenvalue weighted by molar-refractivity contribution is -0.118. The van der Waals surface area contributed by atoms with Gasteiger partial charge < -0.3 is 20.5 Å². The normalized spacial score (nSPS) is 14.0. The van der Waals surface area contributed by atoms with Gasteiger partial charge in [-0.2, -0.15) is 0 Å². The third-order valence-electron chi connectivity index (χ3n) is 7.13. The van der Waals surface area contributed by atoms with Crippen LogP contribution < -0.4 is 10.6 Å². The van der Waals surface area contributed by atoms with E-state index in [-0.39, 0.29) is 11.8 Å². The number of amides is 2. The third-order valence-corrected chi connectivity index (χ3v) is 7.13. The Labute approximate surface area is 222 Å². The Kier molecular flexibility index (Phi) is 7.97. The van der Waals surface area contributed by atoms with Gasteiger partial charge in [0.25, 0.3) is 5.91 Å². The minimum absolute atomic E-state index is 0.00466. The van der Waals surface area contributed by atoms with Crippen molar-refractivity contribution in [3.63, 3.8) is 0 Å². The first-order chi connectivity index (χ1) is 18.6. The summed E-state index contributed by atoms with van der Waals surface area (Å²) in [6.45, 7) is 3.99. The third kappa shape index (κ3) is 6.19. The van der Waals surface area contributed by atoms with E-state index in [1.165, 1.54) is 12.5 Å². The van der Waals surface area contributed by atoms with Crippen LogP contribution in [0.1, 0.15) is 42.2 Å². The molecule has 1 saturated heterocycles. The van der Waals surface area contributed by atoms with Gasteiger partial charge >= 0.3 is 0 Å². The molecule has 1 aliphatic rings. The minimum atomic E-state index is -0.0806. The van der Waals surface area contributed by atoms with E-state index in [0.29, 0.717) is 42.0 Å². The summed E-state index contributed by atoms with van der Waals surface area (Å²) in [5.74, 6) is 1.76. The van der Waals surface area contributed by atoms with Crippen molar-refractivity contribution in [2.45, 2.75) is 32.6 Å². The van der Waals surface area contributed by atoms with Crippen molar-refractivity contribution < 1.29 is 9.59 Å². The Morgan fingerprint density at radius 2 is 1.68 bits per heavy atom. The molecule has 1 aliphatic heterocycles. The molecule has 0 bridgehead atoms. The van der Waals surface area contributed by atoms with Crippen LogP contribution in [-0.2, 0) is 11.2 Å². The molecule has 38 heavy (non-hydrogen) atoms. The standard InChI is InChI=1S/C30H34N6O2/c1-21(37)31-16-17-32-28-25-20-26(33-29(25)35-27(34-28)24-10-6-3-7-11-24)30(38)36-18-14-23(15-19-36)13-12-22-8-4-2-5-9-22/h2-11,20,23H,12-19H2,1H3,(H,31,37)(H2,32,33,34,35). The fourth-order valence-electron chi connectivity index (χ4n) is 5.01. The molecule has 5 rings (SSSR count). The molecule has 2 aromatic carbocycles. The Bertz CT molecular complexity index is 1380. The quantitative estimate of drug-likeness (QED) is 0.284. The molecule has 4 aromatic rings. The van der Waals surface area contributed by atoms with Gasteiger partial charge in [-0.15, -0.1) is 0 Å². The van der Waals surface area contributed by atoms with E-state index in [4.69, 9.17) is 9.97 Å². The van der Waals surface area contributed by atoms with Crippen LogP contribution in [0.4, 0.5) is 5.82 Å². The lowest BCUT2D eigenvalue weighted by Gasteiger charge is -2.31. The highest BCUT2D eigenvalue weighted by Crippen LogP contribution is 2.28. The van der Waals surface area contributed by atoms with Crippen molar-refractivity contribution in [3.05, 3.63) is 78.0 Å². The number of piperidine rings is 1. The zero-order chi connectivity index (χ0) is 26.3. The highest BCUT2D eigenvalue weighted by molar-refractivity contribution is 6.00. The second kappa shape index (κ2) is 11.9. The average Bonchev–Trinajstić information content (AvgIpc) is 3.39. The van der Waals surface area contributed by atoms with Gasteiger partial charge in [-0.3, -0.25) is 9.59 Å². The molecule has 8 heteroatoms. The van der Waals surface area contributed by atoms with Gasteiger partial charge in [0.1, 0.15) is 17.2 Å². The number of aromatic nitrogens is 3. The van der Waals surface area contributed by atoms with E-state index >= 15 is 0 Å². The maximum absolute atomic E-state index is 13.4. The summed E-state index contributed by atoms with van der Waals surface area (Å²) in [5.41, 5.74) is 3.40. The van der Waals surface area contributed by atoms with Gasteiger partial charge in [0.05, 0.1) is 5.39 Å².